The second kappa shape index (κ2) is 9.83. The summed E-state index contributed by atoms with van der Waals surface area (Å²) in [4.78, 5) is 0. The Morgan fingerprint density at radius 3 is 2.23 bits per heavy atom. The highest BCUT2D eigenvalue weighted by Gasteiger charge is 1.92. The lowest BCUT2D eigenvalue weighted by Gasteiger charge is -2.02. The predicted octanol–water partition coefficient (Wildman–Crippen LogP) is 4.95. The van der Waals surface area contributed by atoms with Gasteiger partial charge in [0.2, 0.25) is 0 Å². The maximum atomic E-state index is 2.35. The summed E-state index contributed by atoms with van der Waals surface area (Å²) >= 11 is 0. The molecule has 0 atom stereocenters. The van der Waals surface area contributed by atoms with Crippen molar-refractivity contribution in [1.29, 1.82) is 0 Å². The van der Waals surface area contributed by atoms with Gasteiger partial charge in [0.15, 0.2) is 0 Å². The lowest BCUT2D eigenvalue weighted by atomic mass is 10.0. The molecule has 0 fully saturated rings. The minimum Gasteiger partial charge on any atom is -0.0885 e. The van der Waals surface area contributed by atoms with Crippen molar-refractivity contribution in [3.05, 3.63) is 12.2 Å². The third kappa shape index (κ3) is 11.7. The molecule has 0 aromatic heterocycles. The van der Waals surface area contributed by atoms with Crippen LogP contribution >= 0.6 is 0 Å². The first-order valence-electron chi connectivity index (χ1n) is 5.92. The van der Waals surface area contributed by atoms with Gasteiger partial charge in [-0.1, -0.05) is 58.6 Å². The molecule has 0 saturated heterocycles. The quantitative estimate of drug-likeness (QED) is 0.368. The maximum absolute atomic E-state index is 2.35. The van der Waals surface area contributed by atoms with Crippen LogP contribution in [0.25, 0.3) is 0 Å². The first kappa shape index (κ1) is 12.7. The molecule has 0 aliphatic rings. The van der Waals surface area contributed by atoms with Crippen LogP contribution in [0.1, 0.15) is 65.7 Å². The Balaban J connectivity index is 2.99. The minimum atomic E-state index is 0.885. The van der Waals surface area contributed by atoms with Gasteiger partial charge in [-0.15, -0.1) is 0 Å². The molecular weight excluding hydrogens is 156 g/mol. The summed E-state index contributed by atoms with van der Waals surface area (Å²) in [7, 11) is 0. The fourth-order valence-corrected chi connectivity index (χ4v) is 1.39. The first-order valence-corrected chi connectivity index (χ1v) is 5.92. The van der Waals surface area contributed by atoms with Gasteiger partial charge in [-0.25, -0.2) is 0 Å². The third-order valence-corrected chi connectivity index (χ3v) is 2.27. The zero-order valence-corrected chi connectivity index (χ0v) is 9.68. The van der Waals surface area contributed by atoms with Crippen LogP contribution in [-0.2, 0) is 0 Å². The Morgan fingerprint density at radius 2 is 1.62 bits per heavy atom. The minimum absolute atomic E-state index is 0.885. The molecule has 0 nitrogen and oxygen atoms in total. The average molecular weight is 182 g/mol. The van der Waals surface area contributed by atoms with Crippen LogP contribution in [-0.4, -0.2) is 0 Å². The highest BCUT2D eigenvalue weighted by Crippen LogP contribution is 2.09. The summed E-state index contributed by atoms with van der Waals surface area (Å²) in [6.07, 6.45) is 14.1. The third-order valence-electron chi connectivity index (χ3n) is 2.27. The van der Waals surface area contributed by atoms with Gasteiger partial charge in [-0.05, 0) is 25.2 Å². The molecule has 0 aliphatic carbocycles. The van der Waals surface area contributed by atoms with E-state index in [0.717, 1.165) is 5.92 Å². The van der Waals surface area contributed by atoms with E-state index in [-0.39, 0.29) is 0 Å². The highest BCUT2D eigenvalue weighted by atomic mass is 14.0. The van der Waals surface area contributed by atoms with Crippen molar-refractivity contribution in [1.82, 2.24) is 0 Å². The summed E-state index contributed by atoms with van der Waals surface area (Å²) in [5.41, 5.74) is 0. The van der Waals surface area contributed by atoms with E-state index in [0.29, 0.717) is 0 Å². The normalized spacial score (nSPS) is 11.7. The number of rotatable bonds is 8. The van der Waals surface area contributed by atoms with Crippen LogP contribution in [0, 0.1) is 5.92 Å². The molecule has 0 radical (unpaired) electrons. The highest BCUT2D eigenvalue weighted by molar-refractivity contribution is 4.80. The molecule has 0 amide bonds. The molecule has 0 saturated carbocycles. The second-order valence-electron chi connectivity index (χ2n) is 4.29. The lowest BCUT2D eigenvalue weighted by Crippen LogP contribution is -1.86. The van der Waals surface area contributed by atoms with Gasteiger partial charge in [0.1, 0.15) is 0 Å². The van der Waals surface area contributed by atoms with Crippen molar-refractivity contribution in [2.24, 2.45) is 5.92 Å². The van der Waals surface area contributed by atoms with Crippen LogP contribution in [0.5, 0.6) is 0 Å². The van der Waals surface area contributed by atoms with Gasteiger partial charge in [0.05, 0.1) is 0 Å². The molecule has 78 valence electrons. The van der Waals surface area contributed by atoms with Crippen molar-refractivity contribution in [3.8, 4) is 0 Å². The van der Waals surface area contributed by atoms with Crippen molar-refractivity contribution in [2.45, 2.75) is 65.7 Å². The predicted molar refractivity (Wildman–Crippen MR) is 62.0 cm³/mol. The zero-order valence-electron chi connectivity index (χ0n) is 9.68. The Bertz CT molecular complexity index is 111. The fraction of sp³-hybridized carbons (Fsp3) is 0.846. The monoisotopic (exact) mass is 182 g/mol. The summed E-state index contributed by atoms with van der Waals surface area (Å²) < 4.78 is 0. The number of unbranched alkanes of at least 4 members (excludes halogenated alkanes) is 4. The van der Waals surface area contributed by atoms with E-state index in [9.17, 15) is 0 Å². The van der Waals surface area contributed by atoms with E-state index in [2.05, 4.69) is 32.9 Å². The standard InChI is InChI=1S/C13H26/c1-4-5-6-7-8-9-10-11-12-13(2)3/h6-7,13H,4-5,8-12H2,1-3H3/b7-6+. The fourth-order valence-electron chi connectivity index (χ4n) is 1.39. The molecule has 0 heteroatoms. The van der Waals surface area contributed by atoms with Crippen LogP contribution in [0.4, 0.5) is 0 Å². The van der Waals surface area contributed by atoms with E-state index in [4.69, 9.17) is 0 Å². The molecule has 0 spiro atoms. The molecule has 0 aromatic carbocycles. The van der Waals surface area contributed by atoms with Crippen LogP contribution in [0.2, 0.25) is 0 Å². The topological polar surface area (TPSA) is 0 Å². The largest absolute Gasteiger partial charge is 0.0885 e. The summed E-state index contributed by atoms with van der Waals surface area (Å²) in [5, 5.41) is 0. The van der Waals surface area contributed by atoms with Gasteiger partial charge < -0.3 is 0 Å². The summed E-state index contributed by atoms with van der Waals surface area (Å²) in [6.45, 7) is 6.84. The van der Waals surface area contributed by atoms with E-state index in [1.165, 1.54) is 44.9 Å². The van der Waals surface area contributed by atoms with E-state index in [1.807, 2.05) is 0 Å². The van der Waals surface area contributed by atoms with Gasteiger partial charge >= 0.3 is 0 Å². The van der Waals surface area contributed by atoms with Gasteiger partial charge in [0.25, 0.3) is 0 Å². The SMILES string of the molecule is CCC/C=C/CCCCCC(C)C. The number of hydrogen-bond donors (Lipinski definition) is 0. The summed E-state index contributed by atoms with van der Waals surface area (Å²) in [6, 6.07) is 0. The van der Waals surface area contributed by atoms with E-state index in [1.54, 1.807) is 0 Å². The maximum Gasteiger partial charge on any atom is -0.0351 e. The number of allylic oxidation sites excluding steroid dienone is 2. The van der Waals surface area contributed by atoms with Crippen LogP contribution in [0.3, 0.4) is 0 Å². The molecule has 13 heavy (non-hydrogen) atoms. The summed E-state index contributed by atoms with van der Waals surface area (Å²) in [5.74, 6) is 0.885. The van der Waals surface area contributed by atoms with Crippen LogP contribution in [0.15, 0.2) is 12.2 Å². The van der Waals surface area contributed by atoms with Gasteiger partial charge in [-0.3, -0.25) is 0 Å². The van der Waals surface area contributed by atoms with Crippen LogP contribution < -0.4 is 0 Å². The van der Waals surface area contributed by atoms with Gasteiger partial charge in [0, 0.05) is 0 Å². The lowest BCUT2D eigenvalue weighted by molar-refractivity contribution is 0.528. The van der Waals surface area contributed by atoms with Gasteiger partial charge in [-0.2, -0.15) is 0 Å². The Morgan fingerprint density at radius 1 is 0.923 bits per heavy atom. The smallest absolute Gasteiger partial charge is 0.0351 e. The van der Waals surface area contributed by atoms with E-state index >= 15 is 0 Å². The molecule has 0 heterocycles. The van der Waals surface area contributed by atoms with Crippen molar-refractivity contribution in [2.75, 3.05) is 0 Å². The molecular formula is C13H26. The molecule has 0 bridgehead atoms. The zero-order chi connectivity index (χ0) is 9.94. The Labute approximate surface area is 84.4 Å². The number of hydrogen-bond acceptors (Lipinski definition) is 0. The van der Waals surface area contributed by atoms with Crippen molar-refractivity contribution >= 4 is 0 Å². The molecule has 0 aromatic rings. The molecule has 0 rings (SSSR count). The molecule has 0 N–H and O–H groups in total. The second-order valence-corrected chi connectivity index (χ2v) is 4.29. The van der Waals surface area contributed by atoms with Crippen molar-refractivity contribution < 1.29 is 0 Å². The first-order chi connectivity index (χ1) is 6.27. The Kier molecular flexibility index (Phi) is 9.63. The average Bonchev–Trinajstić information content (AvgIpc) is 2.09. The van der Waals surface area contributed by atoms with Crippen molar-refractivity contribution in [3.63, 3.8) is 0 Å². The molecule has 0 aliphatic heterocycles. The molecule has 0 unspecified atom stereocenters. The Hall–Kier alpha value is -0.260. The van der Waals surface area contributed by atoms with E-state index < -0.39 is 0 Å².